The molecule has 0 aliphatic rings. The van der Waals surface area contributed by atoms with Crippen LogP contribution in [0.25, 0.3) is 31.6 Å². The van der Waals surface area contributed by atoms with Crippen LogP contribution in [-0.2, 0) is 0 Å². The van der Waals surface area contributed by atoms with Gasteiger partial charge in [-0.2, -0.15) is 10.5 Å². The van der Waals surface area contributed by atoms with E-state index in [2.05, 4.69) is 21.8 Å². The fourth-order valence-electron chi connectivity index (χ4n) is 4.39. The highest BCUT2D eigenvalue weighted by Gasteiger charge is 2.18. The zero-order valence-corrected chi connectivity index (χ0v) is 19.6. The molecule has 0 amide bonds. The summed E-state index contributed by atoms with van der Waals surface area (Å²) in [6, 6.07) is 36.4. The molecule has 0 aromatic heterocycles. The van der Waals surface area contributed by atoms with Gasteiger partial charge < -0.3 is 4.90 Å². The number of nitrogens with zero attached hydrogens (tertiary/aromatic N) is 5. The van der Waals surface area contributed by atoms with Crippen molar-refractivity contribution in [3.8, 4) is 23.3 Å². The molecule has 0 atom stereocenters. The molecular formula is C32H17N5. The van der Waals surface area contributed by atoms with Crippen LogP contribution in [0.4, 0.5) is 28.4 Å². The molecule has 0 saturated carbocycles. The molecule has 5 rings (SSSR count). The molecule has 5 aromatic rings. The molecule has 5 heteroatoms. The zero-order valence-electron chi connectivity index (χ0n) is 19.6. The third kappa shape index (κ3) is 4.34. The van der Waals surface area contributed by atoms with Gasteiger partial charge in [-0.15, -0.1) is 0 Å². The topological polar surface area (TPSA) is 59.5 Å². The summed E-state index contributed by atoms with van der Waals surface area (Å²) in [4.78, 5) is 9.03. The molecule has 5 aromatic carbocycles. The molecule has 0 radical (unpaired) electrons. The van der Waals surface area contributed by atoms with Crippen LogP contribution in [0, 0.1) is 35.8 Å². The lowest BCUT2D eigenvalue weighted by atomic mass is 10.0. The Morgan fingerprint density at radius 2 is 1.24 bits per heavy atom. The van der Waals surface area contributed by atoms with Crippen LogP contribution in [0.15, 0.2) is 103 Å². The summed E-state index contributed by atoms with van der Waals surface area (Å²) in [5.41, 5.74) is 6.26. The molecule has 0 heterocycles. The normalized spacial score (nSPS) is 10.1. The van der Waals surface area contributed by atoms with E-state index < -0.39 is 0 Å². The fourth-order valence-corrected chi connectivity index (χ4v) is 4.39. The Balaban J connectivity index is 1.71. The van der Waals surface area contributed by atoms with E-state index >= 15 is 0 Å². The van der Waals surface area contributed by atoms with Gasteiger partial charge in [-0.25, -0.2) is 9.69 Å². The molecular weight excluding hydrogens is 454 g/mol. The van der Waals surface area contributed by atoms with E-state index in [1.54, 1.807) is 36.4 Å². The smallest absolute Gasteiger partial charge is 0.190 e. The summed E-state index contributed by atoms with van der Waals surface area (Å²) in [5.74, 6) is 0. The Morgan fingerprint density at radius 3 is 1.86 bits per heavy atom. The molecule has 37 heavy (non-hydrogen) atoms. The first-order chi connectivity index (χ1) is 18.1. The number of fused-ring (bicyclic) bond motifs is 1. The molecule has 0 spiro atoms. The van der Waals surface area contributed by atoms with Gasteiger partial charge in [0.15, 0.2) is 11.4 Å². The van der Waals surface area contributed by atoms with Gasteiger partial charge in [-0.05, 0) is 53.6 Å². The van der Waals surface area contributed by atoms with Crippen molar-refractivity contribution in [3.63, 3.8) is 0 Å². The van der Waals surface area contributed by atoms with Gasteiger partial charge in [0.05, 0.1) is 36.5 Å². The largest absolute Gasteiger partial charge is 0.311 e. The highest BCUT2D eigenvalue weighted by atomic mass is 15.1. The molecule has 0 bridgehead atoms. The molecule has 170 valence electrons. The lowest BCUT2D eigenvalue weighted by Crippen LogP contribution is -2.11. The molecule has 0 unspecified atom stereocenters. The average molecular weight is 472 g/mol. The summed E-state index contributed by atoms with van der Waals surface area (Å²) < 4.78 is 0. The number of nitriles is 2. The van der Waals surface area contributed by atoms with Crippen molar-refractivity contribution in [1.82, 2.24) is 0 Å². The second kappa shape index (κ2) is 9.77. The highest BCUT2D eigenvalue weighted by molar-refractivity contribution is 6.01. The lowest BCUT2D eigenvalue weighted by molar-refractivity contribution is 1.29. The van der Waals surface area contributed by atoms with E-state index in [4.69, 9.17) is 13.1 Å². The SMILES string of the molecule is [C-]#[N+]c1ccc(-c2ccc(N(c3cc(C#N)cc([N+]#[C-])c3)c3ccc(C#N)c4ccccc34)cc2)cc1. The molecule has 0 aliphatic carbocycles. The summed E-state index contributed by atoms with van der Waals surface area (Å²) in [7, 11) is 0. The minimum atomic E-state index is 0.369. The fraction of sp³-hybridized carbons (Fsp3) is 0. The Labute approximate surface area is 214 Å². The Morgan fingerprint density at radius 1 is 0.595 bits per heavy atom. The maximum Gasteiger partial charge on any atom is 0.190 e. The first kappa shape index (κ1) is 22.9. The van der Waals surface area contributed by atoms with Gasteiger partial charge in [-0.1, -0.05) is 60.7 Å². The average Bonchev–Trinajstić information content (AvgIpc) is 2.97. The van der Waals surface area contributed by atoms with Crippen molar-refractivity contribution in [1.29, 1.82) is 10.5 Å². The summed E-state index contributed by atoms with van der Waals surface area (Å²) in [5, 5.41) is 21.0. The number of rotatable bonds is 4. The van der Waals surface area contributed by atoms with Crippen molar-refractivity contribution >= 4 is 39.2 Å². The maximum atomic E-state index is 9.66. The lowest BCUT2D eigenvalue weighted by Gasteiger charge is -2.28. The van der Waals surface area contributed by atoms with Gasteiger partial charge >= 0.3 is 0 Å². The van der Waals surface area contributed by atoms with Crippen molar-refractivity contribution in [3.05, 3.63) is 137 Å². The number of anilines is 3. The van der Waals surface area contributed by atoms with Crippen LogP contribution in [0.2, 0.25) is 0 Å². The van der Waals surface area contributed by atoms with Gasteiger partial charge in [0.25, 0.3) is 0 Å². The molecule has 0 aliphatic heterocycles. The minimum absolute atomic E-state index is 0.369. The van der Waals surface area contributed by atoms with E-state index in [0.717, 1.165) is 33.3 Å². The number of hydrogen-bond acceptors (Lipinski definition) is 3. The number of hydrogen-bond donors (Lipinski definition) is 0. The van der Waals surface area contributed by atoms with Crippen LogP contribution < -0.4 is 4.90 Å². The van der Waals surface area contributed by atoms with E-state index in [9.17, 15) is 10.5 Å². The monoisotopic (exact) mass is 471 g/mol. The second-order valence-corrected chi connectivity index (χ2v) is 8.29. The number of benzene rings is 5. The Kier molecular flexibility index (Phi) is 6.05. The van der Waals surface area contributed by atoms with Crippen LogP contribution in [0.3, 0.4) is 0 Å². The first-order valence-electron chi connectivity index (χ1n) is 11.4. The molecule has 0 N–H and O–H groups in total. The zero-order chi connectivity index (χ0) is 25.8. The van der Waals surface area contributed by atoms with E-state index in [0.29, 0.717) is 28.2 Å². The third-order valence-electron chi connectivity index (χ3n) is 6.14. The standard InChI is InChI=1S/C32H17N5/c1-35-26-12-7-23(8-13-26)24-9-14-28(15-10-24)37(29-18-22(20-33)17-27(19-29)36-2)32-16-11-25(21-34)30-5-3-4-6-31(30)32/h3-19H. The van der Waals surface area contributed by atoms with Crippen LogP contribution in [0.1, 0.15) is 11.1 Å². The minimum Gasteiger partial charge on any atom is -0.311 e. The van der Waals surface area contributed by atoms with E-state index in [-0.39, 0.29) is 0 Å². The summed E-state index contributed by atoms with van der Waals surface area (Å²) in [6.07, 6.45) is 0. The van der Waals surface area contributed by atoms with Gasteiger partial charge in [0, 0.05) is 27.7 Å². The quantitative estimate of drug-likeness (QED) is 0.246. The first-order valence-corrected chi connectivity index (χ1v) is 11.4. The maximum absolute atomic E-state index is 9.66. The van der Waals surface area contributed by atoms with Gasteiger partial charge in [0.2, 0.25) is 0 Å². The highest BCUT2D eigenvalue weighted by Crippen LogP contribution is 2.41. The van der Waals surface area contributed by atoms with E-state index in [1.807, 2.05) is 71.6 Å². The van der Waals surface area contributed by atoms with Crippen LogP contribution >= 0.6 is 0 Å². The van der Waals surface area contributed by atoms with Crippen molar-refractivity contribution < 1.29 is 0 Å². The molecule has 0 fully saturated rings. The van der Waals surface area contributed by atoms with E-state index in [1.165, 1.54) is 0 Å². The molecule has 0 saturated heterocycles. The van der Waals surface area contributed by atoms with Gasteiger partial charge in [0.1, 0.15) is 0 Å². The van der Waals surface area contributed by atoms with Crippen LogP contribution in [-0.4, -0.2) is 0 Å². The predicted octanol–water partition coefficient (Wildman–Crippen LogP) is 8.82. The molecule has 5 nitrogen and oxygen atoms in total. The van der Waals surface area contributed by atoms with Crippen molar-refractivity contribution in [2.24, 2.45) is 0 Å². The van der Waals surface area contributed by atoms with Crippen LogP contribution in [0.5, 0.6) is 0 Å². The van der Waals surface area contributed by atoms with Gasteiger partial charge in [-0.3, -0.25) is 0 Å². The second-order valence-electron chi connectivity index (χ2n) is 8.29. The predicted molar refractivity (Wildman–Crippen MR) is 146 cm³/mol. The summed E-state index contributed by atoms with van der Waals surface area (Å²) >= 11 is 0. The Hall–Kier alpha value is -5.88. The third-order valence-corrected chi connectivity index (χ3v) is 6.14. The summed E-state index contributed by atoms with van der Waals surface area (Å²) in [6.45, 7) is 14.7. The van der Waals surface area contributed by atoms with Crippen molar-refractivity contribution in [2.45, 2.75) is 0 Å². The Bertz CT molecular complexity index is 1770. The van der Waals surface area contributed by atoms with Crippen molar-refractivity contribution in [2.75, 3.05) is 4.90 Å².